The van der Waals surface area contributed by atoms with Crippen molar-refractivity contribution >= 4 is 15.8 Å². The topological polar surface area (TPSA) is 62.3 Å². The second-order valence-electron chi connectivity index (χ2n) is 6.84. The molecule has 6 heteroatoms. The van der Waals surface area contributed by atoms with Crippen molar-refractivity contribution in [3.8, 4) is 0 Å². The summed E-state index contributed by atoms with van der Waals surface area (Å²) in [6.45, 7) is 5.57. The van der Waals surface area contributed by atoms with Crippen LogP contribution in [0.2, 0.25) is 0 Å². The van der Waals surface area contributed by atoms with Crippen molar-refractivity contribution in [2.75, 3.05) is 18.4 Å². The molecule has 1 atom stereocenters. The van der Waals surface area contributed by atoms with E-state index >= 15 is 0 Å². The lowest BCUT2D eigenvalue weighted by Crippen LogP contribution is -2.30. The van der Waals surface area contributed by atoms with Gasteiger partial charge in [-0.3, -0.25) is 0 Å². The first kappa shape index (κ1) is 18.9. The number of anilines is 1. The van der Waals surface area contributed by atoms with Crippen LogP contribution in [-0.2, 0) is 10.0 Å². The van der Waals surface area contributed by atoms with Crippen LogP contribution in [0.25, 0.3) is 0 Å². The Hall–Kier alpha value is -1.92. The van der Waals surface area contributed by atoms with E-state index in [0.717, 1.165) is 49.2 Å². The molecule has 0 spiro atoms. The third kappa shape index (κ3) is 4.07. The van der Waals surface area contributed by atoms with E-state index in [1.165, 1.54) is 0 Å². The van der Waals surface area contributed by atoms with E-state index in [9.17, 15) is 8.42 Å². The molecule has 1 saturated heterocycles. The highest BCUT2D eigenvalue weighted by molar-refractivity contribution is 7.89. The molecule has 5 nitrogen and oxygen atoms in total. The second kappa shape index (κ2) is 8.18. The molecule has 0 saturated carbocycles. The number of hydrogen-bond acceptors (Lipinski definition) is 4. The van der Waals surface area contributed by atoms with E-state index in [4.69, 9.17) is 0 Å². The van der Waals surface area contributed by atoms with Gasteiger partial charge in [0, 0.05) is 19.3 Å². The van der Waals surface area contributed by atoms with Gasteiger partial charge in [0.25, 0.3) is 0 Å². The summed E-state index contributed by atoms with van der Waals surface area (Å²) in [4.78, 5) is 4.83. The molecule has 3 rings (SSSR count). The lowest BCUT2D eigenvalue weighted by molar-refractivity contribution is 0.396. The van der Waals surface area contributed by atoms with Gasteiger partial charge < -0.3 is 5.32 Å². The molecule has 1 fully saturated rings. The monoisotopic (exact) mass is 373 g/mol. The van der Waals surface area contributed by atoms with Gasteiger partial charge in [0.1, 0.15) is 5.82 Å². The van der Waals surface area contributed by atoms with Crippen LogP contribution in [-0.4, -0.2) is 30.8 Å². The summed E-state index contributed by atoms with van der Waals surface area (Å²) < 4.78 is 27.8. The highest BCUT2D eigenvalue weighted by atomic mass is 32.2. The first-order chi connectivity index (χ1) is 12.5. The molecule has 0 unspecified atom stereocenters. The van der Waals surface area contributed by atoms with Crippen molar-refractivity contribution in [1.29, 1.82) is 0 Å². The summed E-state index contributed by atoms with van der Waals surface area (Å²) in [5.74, 6) is 0.841. The van der Waals surface area contributed by atoms with Crippen LogP contribution in [0.3, 0.4) is 0 Å². The molecule has 1 aromatic carbocycles. The fourth-order valence-corrected chi connectivity index (χ4v) is 4.99. The molecule has 1 aromatic heterocycles. The molecule has 1 N–H and O–H groups in total. The average Bonchev–Trinajstić information content (AvgIpc) is 3.13. The Labute approximate surface area is 156 Å². The van der Waals surface area contributed by atoms with E-state index in [1.807, 2.05) is 37.4 Å². The highest BCUT2D eigenvalue weighted by Crippen LogP contribution is 2.36. The highest BCUT2D eigenvalue weighted by Gasteiger charge is 2.36. The van der Waals surface area contributed by atoms with Crippen LogP contribution in [0.5, 0.6) is 0 Å². The van der Waals surface area contributed by atoms with Gasteiger partial charge in [-0.15, -0.1) is 0 Å². The smallest absolute Gasteiger partial charge is 0.243 e. The SMILES string of the molecule is CCCCNc1ccc([C@@H]2CCCN2S(=O)(=O)c2ccc(C)cc2)cn1. The third-order valence-corrected chi connectivity index (χ3v) is 6.76. The minimum Gasteiger partial charge on any atom is -0.370 e. The van der Waals surface area contributed by atoms with Crippen LogP contribution in [0.15, 0.2) is 47.5 Å². The summed E-state index contributed by atoms with van der Waals surface area (Å²) in [6, 6.07) is 10.9. The zero-order valence-corrected chi connectivity index (χ0v) is 16.3. The molecular formula is C20H27N3O2S. The molecule has 2 heterocycles. The Morgan fingerprint density at radius 2 is 1.96 bits per heavy atom. The zero-order chi connectivity index (χ0) is 18.6. The van der Waals surface area contributed by atoms with Crippen molar-refractivity contribution in [1.82, 2.24) is 9.29 Å². The summed E-state index contributed by atoms with van der Waals surface area (Å²) >= 11 is 0. The van der Waals surface area contributed by atoms with E-state index in [2.05, 4.69) is 17.2 Å². The van der Waals surface area contributed by atoms with Gasteiger partial charge in [-0.2, -0.15) is 4.31 Å². The fourth-order valence-electron chi connectivity index (χ4n) is 3.31. The van der Waals surface area contributed by atoms with E-state index < -0.39 is 10.0 Å². The normalized spacial score (nSPS) is 18.2. The lowest BCUT2D eigenvalue weighted by atomic mass is 10.1. The molecule has 140 valence electrons. The number of unbranched alkanes of at least 4 members (excludes halogenated alkanes) is 1. The minimum absolute atomic E-state index is 0.140. The van der Waals surface area contributed by atoms with Crippen molar-refractivity contribution in [2.45, 2.75) is 50.5 Å². The Kier molecular flexibility index (Phi) is 5.94. The quantitative estimate of drug-likeness (QED) is 0.741. The number of pyridine rings is 1. The largest absolute Gasteiger partial charge is 0.370 e. The van der Waals surface area contributed by atoms with Crippen molar-refractivity contribution in [2.24, 2.45) is 0 Å². The van der Waals surface area contributed by atoms with Gasteiger partial charge in [-0.1, -0.05) is 37.1 Å². The predicted molar refractivity (Wildman–Crippen MR) is 105 cm³/mol. The molecule has 1 aliphatic rings. The first-order valence-electron chi connectivity index (χ1n) is 9.30. The van der Waals surface area contributed by atoms with Crippen LogP contribution in [0.4, 0.5) is 5.82 Å². The van der Waals surface area contributed by atoms with Gasteiger partial charge in [0.05, 0.1) is 10.9 Å². The lowest BCUT2D eigenvalue weighted by Gasteiger charge is -2.24. The molecule has 0 aliphatic carbocycles. The van der Waals surface area contributed by atoms with E-state index in [0.29, 0.717) is 11.4 Å². The average molecular weight is 374 g/mol. The number of aryl methyl sites for hydroxylation is 1. The zero-order valence-electron chi connectivity index (χ0n) is 15.5. The van der Waals surface area contributed by atoms with Gasteiger partial charge >= 0.3 is 0 Å². The van der Waals surface area contributed by atoms with Crippen molar-refractivity contribution < 1.29 is 8.42 Å². The fraction of sp³-hybridized carbons (Fsp3) is 0.450. The maximum Gasteiger partial charge on any atom is 0.243 e. The number of rotatable bonds is 7. The molecule has 1 aliphatic heterocycles. The number of aromatic nitrogens is 1. The molecular weight excluding hydrogens is 346 g/mol. The molecule has 0 amide bonds. The predicted octanol–water partition coefficient (Wildman–Crippen LogP) is 4.13. The van der Waals surface area contributed by atoms with E-state index in [-0.39, 0.29) is 6.04 Å². The Morgan fingerprint density at radius 1 is 1.19 bits per heavy atom. The maximum atomic E-state index is 13.1. The minimum atomic E-state index is -3.49. The van der Waals surface area contributed by atoms with Crippen LogP contribution < -0.4 is 5.32 Å². The second-order valence-corrected chi connectivity index (χ2v) is 8.73. The van der Waals surface area contributed by atoms with Gasteiger partial charge in [-0.25, -0.2) is 13.4 Å². The van der Waals surface area contributed by atoms with Gasteiger partial charge in [0.2, 0.25) is 10.0 Å². The molecule has 26 heavy (non-hydrogen) atoms. The number of hydrogen-bond donors (Lipinski definition) is 1. The summed E-state index contributed by atoms with van der Waals surface area (Å²) in [5.41, 5.74) is 2.01. The van der Waals surface area contributed by atoms with E-state index in [1.54, 1.807) is 16.4 Å². The number of benzene rings is 1. The van der Waals surface area contributed by atoms with Crippen molar-refractivity contribution in [3.63, 3.8) is 0 Å². The van der Waals surface area contributed by atoms with Gasteiger partial charge in [0.15, 0.2) is 0 Å². The van der Waals surface area contributed by atoms with Crippen molar-refractivity contribution in [3.05, 3.63) is 53.7 Å². The third-order valence-electron chi connectivity index (χ3n) is 4.84. The van der Waals surface area contributed by atoms with Crippen LogP contribution in [0.1, 0.15) is 49.8 Å². The Morgan fingerprint density at radius 3 is 2.62 bits per heavy atom. The summed E-state index contributed by atoms with van der Waals surface area (Å²) in [5, 5.41) is 3.29. The Bertz CT molecular complexity index is 817. The van der Waals surface area contributed by atoms with Gasteiger partial charge in [-0.05, 0) is 49.9 Å². The Balaban J connectivity index is 1.78. The van der Waals surface area contributed by atoms with Crippen LogP contribution >= 0.6 is 0 Å². The summed E-state index contributed by atoms with van der Waals surface area (Å²) in [6.07, 6.45) is 5.75. The van der Waals surface area contributed by atoms with Crippen LogP contribution in [0, 0.1) is 6.92 Å². The number of nitrogens with one attached hydrogen (secondary N) is 1. The summed E-state index contributed by atoms with van der Waals surface area (Å²) in [7, 11) is -3.49. The molecule has 2 aromatic rings. The number of nitrogens with zero attached hydrogens (tertiary/aromatic N) is 2. The molecule has 0 bridgehead atoms. The maximum absolute atomic E-state index is 13.1. The molecule has 0 radical (unpaired) electrons. The number of sulfonamides is 1. The first-order valence-corrected chi connectivity index (χ1v) is 10.7. The standard InChI is InChI=1S/C20H27N3O2S/c1-3-4-13-21-20-12-9-17(15-22-20)19-6-5-14-23(19)26(24,25)18-10-7-16(2)8-11-18/h7-12,15,19H,3-6,13-14H2,1-2H3,(H,21,22)/t19-/m0/s1.